The number of anilines is 1. The van der Waals surface area contributed by atoms with Gasteiger partial charge in [0.1, 0.15) is 0 Å². The first-order chi connectivity index (χ1) is 10.8. The van der Waals surface area contributed by atoms with Crippen LogP contribution in [0.3, 0.4) is 0 Å². The Balaban J connectivity index is 1.39. The highest BCUT2D eigenvalue weighted by atomic mass is 16.5. The number of nitrogens with one attached hydrogen (secondary N) is 1. The SMILES string of the molecule is CNc1ccc(C2CCN(CC3COC3)CC2)cc1C1CC1. The van der Waals surface area contributed by atoms with Crippen molar-refractivity contribution >= 4 is 5.69 Å². The van der Waals surface area contributed by atoms with E-state index in [2.05, 4.69) is 28.4 Å². The van der Waals surface area contributed by atoms with Crippen LogP contribution in [0.2, 0.25) is 0 Å². The number of hydrogen-bond donors (Lipinski definition) is 1. The Bertz CT molecular complexity index is 514. The summed E-state index contributed by atoms with van der Waals surface area (Å²) >= 11 is 0. The summed E-state index contributed by atoms with van der Waals surface area (Å²) in [6.45, 7) is 5.73. The first kappa shape index (κ1) is 14.5. The van der Waals surface area contributed by atoms with Crippen LogP contribution in [0.15, 0.2) is 18.2 Å². The van der Waals surface area contributed by atoms with E-state index in [0.29, 0.717) is 0 Å². The lowest BCUT2D eigenvalue weighted by molar-refractivity contribution is -0.0487. The molecule has 1 aromatic carbocycles. The molecule has 0 radical (unpaired) electrons. The third-order valence-electron chi connectivity index (χ3n) is 5.64. The Labute approximate surface area is 134 Å². The topological polar surface area (TPSA) is 24.5 Å². The predicted octanol–water partition coefficient (Wildman–Crippen LogP) is 3.43. The largest absolute Gasteiger partial charge is 0.388 e. The minimum atomic E-state index is 0.761. The Morgan fingerprint density at radius 2 is 1.86 bits per heavy atom. The molecule has 1 aliphatic carbocycles. The van der Waals surface area contributed by atoms with Crippen LogP contribution in [0.25, 0.3) is 0 Å². The second-order valence-corrected chi connectivity index (χ2v) is 7.35. The molecule has 0 atom stereocenters. The van der Waals surface area contributed by atoms with Gasteiger partial charge in [-0.15, -0.1) is 0 Å². The van der Waals surface area contributed by atoms with Crippen LogP contribution < -0.4 is 5.32 Å². The Hall–Kier alpha value is -1.06. The zero-order chi connectivity index (χ0) is 14.9. The van der Waals surface area contributed by atoms with Gasteiger partial charge >= 0.3 is 0 Å². The maximum Gasteiger partial charge on any atom is 0.0528 e. The van der Waals surface area contributed by atoms with Crippen molar-refractivity contribution in [3.05, 3.63) is 29.3 Å². The summed E-state index contributed by atoms with van der Waals surface area (Å²) in [5, 5.41) is 3.37. The highest BCUT2D eigenvalue weighted by molar-refractivity contribution is 5.55. The highest BCUT2D eigenvalue weighted by Crippen LogP contribution is 2.44. The van der Waals surface area contributed by atoms with E-state index in [-0.39, 0.29) is 0 Å². The molecule has 0 amide bonds. The first-order valence-electron chi connectivity index (χ1n) is 8.95. The molecule has 1 N–H and O–H groups in total. The molecule has 120 valence electrons. The van der Waals surface area contributed by atoms with Crippen molar-refractivity contribution in [1.82, 2.24) is 4.90 Å². The van der Waals surface area contributed by atoms with Crippen LogP contribution >= 0.6 is 0 Å². The summed E-state index contributed by atoms with van der Waals surface area (Å²) in [5.74, 6) is 2.38. The third-order valence-corrected chi connectivity index (χ3v) is 5.64. The van der Waals surface area contributed by atoms with E-state index in [0.717, 1.165) is 31.0 Å². The van der Waals surface area contributed by atoms with Crippen LogP contribution in [0, 0.1) is 5.92 Å². The Kier molecular flexibility index (Phi) is 4.10. The van der Waals surface area contributed by atoms with E-state index >= 15 is 0 Å². The van der Waals surface area contributed by atoms with Gasteiger partial charge in [-0.25, -0.2) is 0 Å². The normalized spacial score (nSPS) is 24.2. The molecule has 3 nitrogen and oxygen atoms in total. The summed E-state index contributed by atoms with van der Waals surface area (Å²) in [5.41, 5.74) is 4.48. The molecule has 3 aliphatic rings. The molecule has 0 unspecified atom stereocenters. The van der Waals surface area contributed by atoms with Crippen molar-refractivity contribution in [3.8, 4) is 0 Å². The summed E-state index contributed by atoms with van der Waals surface area (Å²) in [6, 6.07) is 7.17. The predicted molar refractivity (Wildman–Crippen MR) is 90.7 cm³/mol. The number of nitrogens with zero attached hydrogens (tertiary/aromatic N) is 1. The fourth-order valence-corrected chi connectivity index (χ4v) is 4.00. The molecule has 1 aromatic rings. The molecule has 1 saturated carbocycles. The van der Waals surface area contributed by atoms with E-state index in [9.17, 15) is 0 Å². The van der Waals surface area contributed by atoms with E-state index < -0.39 is 0 Å². The summed E-state index contributed by atoms with van der Waals surface area (Å²) in [6.07, 6.45) is 5.38. The van der Waals surface area contributed by atoms with Crippen molar-refractivity contribution in [2.75, 3.05) is 45.2 Å². The van der Waals surface area contributed by atoms with Gasteiger partial charge < -0.3 is 15.0 Å². The summed E-state index contributed by atoms with van der Waals surface area (Å²) in [4.78, 5) is 2.65. The van der Waals surface area contributed by atoms with Crippen molar-refractivity contribution < 1.29 is 4.74 Å². The number of benzene rings is 1. The fourth-order valence-electron chi connectivity index (χ4n) is 4.00. The van der Waals surface area contributed by atoms with E-state index in [1.54, 1.807) is 11.1 Å². The quantitative estimate of drug-likeness (QED) is 0.901. The lowest BCUT2D eigenvalue weighted by Gasteiger charge is -2.37. The number of likely N-dealkylation sites (tertiary alicyclic amines) is 1. The highest BCUT2D eigenvalue weighted by Gasteiger charge is 2.29. The monoisotopic (exact) mass is 300 g/mol. The van der Waals surface area contributed by atoms with Crippen LogP contribution in [0.1, 0.15) is 48.6 Å². The first-order valence-corrected chi connectivity index (χ1v) is 8.95. The average molecular weight is 300 g/mol. The maximum atomic E-state index is 5.30. The lowest BCUT2D eigenvalue weighted by atomic mass is 9.87. The van der Waals surface area contributed by atoms with Gasteiger partial charge in [0.25, 0.3) is 0 Å². The minimum Gasteiger partial charge on any atom is -0.388 e. The second-order valence-electron chi connectivity index (χ2n) is 7.35. The van der Waals surface area contributed by atoms with Crippen LogP contribution in [-0.2, 0) is 4.74 Å². The van der Waals surface area contributed by atoms with Crippen molar-refractivity contribution in [1.29, 1.82) is 0 Å². The Morgan fingerprint density at radius 3 is 2.45 bits per heavy atom. The smallest absolute Gasteiger partial charge is 0.0528 e. The average Bonchev–Trinajstić information content (AvgIpc) is 3.36. The fraction of sp³-hybridized carbons (Fsp3) is 0.684. The third kappa shape index (κ3) is 3.02. The van der Waals surface area contributed by atoms with Gasteiger partial charge in [-0.1, -0.05) is 12.1 Å². The van der Waals surface area contributed by atoms with Crippen LogP contribution in [0.5, 0.6) is 0 Å². The maximum absolute atomic E-state index is 5.30. The van der Waals surface area contributed by atoms with Gasteiger partial charge in [0.05, 0.1) is 13.2 Å². The molecule has 2 saturated heterocycles. The zero-order valence-corrected chi connectivity index (χ0v) is 13.7. The molecular formula is C19H28N2O. The molecular weight excluding hydrogens is 272 g/mol. The van der Waals surface area contributed by atoms with Gasteiger partial charge in [0.15, 0.2) is 0 Å². The second kappa shape index (κ2) is 6.21. The summed E-state index contributed by atoms with van der Waals surface area (Å²) in [7, 11) is 2.05. The molecule has 3 fully saturated rings. The lowest BCUT2D eigenvalue weighted by Crippen LogP contribution is -2.42. The molecule has 2 aliphatic heterocycles. The van der Waals surface area contributed by atoms with E-state index in [1.165, 1.54) is 51.0 Å². The van der Waals surface area contributed by atoms with Crippen molar-refractivity contribution in [2.45, 2.75) is 37.5 Å². The summed E-state index contributed by atoms with van der Waals surface area (Å²) < 4.78 is 5.30. The Morgan fingerprint density at radius 1 is 1.09 bits per heavy atom. The number of hydrogen-bond acceptors (Lipinski definition) is 3. The van der Waals surface area contributed by atoms with E-state index in [1.807, 2.05) is 7.05 Å². The molecule has 0 bridgehead atoms. The molecule has 2 heterocycles. The number of rotatable bonds is 5. The van der Waals surface area contributed by atoms with Crippen molar-refractivity contribution in [2.24, 2.45) is 5.92 Å². The van der Waals surface area contributed by atoms with Gasteiger partial charge in [-0.05, 0) is 67.8 Å². The minimum absolute atomic E-state index is 0.761. The van der Waals surface area contributed by atoms with E-state index in [4.69, 9.17) is 4.74 Å². The molecule has 22 heavy (non-hydrogen) atoms. The standard InChI is InChI=1S/C19H28N2O/c1-20-19-5-4-17(10-18(19)16-2-3-16)15-6-8-21(9-7-15)11-14-12-22-13-14/h4-5,10,14-16,20H,2-3,6-9,11-13H2,1H3. The zero-order valence-electron chi connectivity index (χ0n) is 13.7. The van der Waals surface area contributed by atoms with Gasteiger partial charge in [0.2, 0.25) is 0 Å². The van der Waals surface area contributed by atoms with Gasteiger partial charge in [-0.2, -0.15) is 0 Å². The van der Waals surface area contributed by atoms with Crippen molar-refractivity contribution in [3.63, 3.8) is 0 Å². The number of piperidine rings is 1. The van der Waals surface area contributed by atoms with Gasteiger partial charge in [0, 0.05) is 25.2 Å². The number of ether oxygens (including phenoxy) is 1. The molecule has 0 spiro atoms. The molecule has 3 heteroatoms. The molecule has 0 aromatic heterocycles. The van der Waals surface area contributed by atoms with Crippen LogP contribution in [0.4, 0.5) is 5.69 Å². The molecule has 4 rings (SSSR count). The van der Waals surface area contributed by atoms with Gasteiger partial charge in [-0.3, -0.25) is 0 Å². The van der Waals surface area contributed by atoms with Crippen LogP contribution in [-0.4, -0.2) is 44.8 Å².